The van der Waals surface area contributed by atoms with Gasteiger partial charge in [-0.1, -0.05) is 0 Å². The molecule has 62 valence electrons. The molecule has 1 atom stereocenters. The van der Waals surface area contributed by atoms with Crippen molar-refractivity contribution in [3.63, 3.8) is 0 Å². The van der Waals surface area contributed by atoms with E-state index in [1.165, 1.54) is 0 Å². The Hall–Kier alpha value is -0.900. The monoisotopic (exact) mass is 156 g/mol. The average Bonchev–Trinajstić information content (AvgIpc) is 2.50. The van der Waals surface area contributed by atoms with Crippen LogP contribution in [-0.2, 0) is 9.59 Å². The van der Waals surface area contributed by atoms with Crippen molar-refractivity contribution in [2.45, 2.75) is 18.9 Å². The van der Waals surface area contributed by atoms with Crippen LogP contribution in [0.15, 0.2) is 0 Å². The van der Waals surface area contributed by atoms with E-state index >= 15 is 0 Å². The van der Waals surface area contributed by atoms with Crippen molar-refractivity contribution in [1.29, 1.82) is 0 Å². The molecule has 0 aromatic heterocycles. The average molecular weight is 156 g/mol. The molecule has 0 bridgehead atoms. The molecule has 0 aromatic rings. The molecule has 0 aliphatic carbocycles. The van der Waals surface area contributed by atoms with E-state index in [1.807, 2.05) is 0 Å². The summed E-state index contributed by atoms with van der Waals surface area (Å²) in [4.78, 5) is 23.0. The number of carbonyl (C=O) groups excluding carboxylic acids is 2. The number of hydrogen-bond acceptors (Lipinski definition) is 3. The Morgan fingerprint density at radius 3 is 3.00 bits per heavy atom. The lowest BCUT2D eigenvalue weighted by molar-refractivity contribution is -0.133. The summed E-state index contributed by atoms with van der Waals surface area (Å²) >= 11 is 0. The predicted octanol–water partition coefficient (Wildman–Crippen LogP) is -0.865. The highest BCUT2D eigenvalue weighted by Crippen LogP contribution is 2.14. The topological polar surface area (TPSA) is 63.4 Å². The number of rotatable bonds is 2. The van der Waals surface area contributed by atoms with E-state index in [0.717, 1.165) is 19.1 Å². The van der Waals surface area contributed by atoms with Crippen LogP contribution in [0.3, 0.4) is 0 Å². The van der Waals surface area contributed by atoms with Crippen molar-refractivity contribution in [2.75, 3.05) is 13.1 Å². The van der Waals surface area contributed by atoms with Gasteiger partial charge in [0, 0.05) is 6.54 Å². The molecule has 1 amide bonds. The lowest BCUT2D eigenvalue weighted by Gasteiger charge is -2.18. The largest absolute Gasteiger partial charge is 0.332 e. The van der Waals surface area contributed by atoms with Gasteiger partial charge in [0.05, 0.1) is 12.6 Å². The molecular formula is C7H12N2O2. The maximum absolute atomic E-state index is 11.0. The van der Waals surface area contributed by atoms with Crippen LogP contribution in [0.4, 0.5) is 0 Å². The van der Waals surface area contributed by atoms with Crippen LogP contribution < -0.4 is 5.73 Å². The maximum atomic E-state index is 11.0. The van der Waals surface area contributed by atoms with E-state index in [-0.39, 0.29) is 18.5 Å². The summed E-state index contributed by atoms with van der Waals surface area (Å²) in [5.74, 6) is -0.125. The van der Waals surface area contributed by atoms with Crippen LogP contribution in [0.2, 0.25) is 0 Å². The summed E-state index contributed by atoms with van der Waals surface area (Å²) < 4.78 is 0. The molecule has 1 saturated heterocycles. The van der Waals surface area contributed by atoms with Crippen molar-refractivity contribution in [3.8, 4) is 0 Å². The van der Waals surface area contributed by atoms with Crippen molar-refractivity contribution in [3.05, 3.63) is 0 Å². The Morgan fingerprint density at radius 2 is 2.45 bits per heavy atom. The Kier molecular flexibility index (Phi) is 2.59. The first kappa shape index (κ1) is 8.20. The number of hydrogen-bond donors (Lipinski definition) is 1. The highest BCUT2D eigenvalue weighted by Gasteiger charge is 2.26. The fourth-order valence-corrected chi connectivity index (χ4v) is 1.36. The molecule has 2 N–H and O–H groups in total. The van der Waals surface area contributed by atoms with Crippen molar-refractivity contribution in [1.82, 2.24) is 4.90 Å². The normalized spacial score (nSPS) is 23.7. The van der Waals surface area contributed by atoms with Gasteiger partial charge in [-0.25, -0.2) is 0 Å². The zero-order valence-electron chi connectivity index (χ0n) is 6.32. The maximum Gasteiger partial charge on any atom is 0.236 e. The molecule has 0 aromatic carbocycles. The van der Waals surface area contributed by atoms with Gasteiger partial charge in [-0.3, -0.25) is 4.79 Å². The minimum atomic E-state index is -0.217. The van der Waals surface area contributed by atoms with Crippen LogP contribution in [0.25, 0.3) is 0 Å². The molecule has 0 radical (unpaired) electrons. The van der Waals surface area contributed by atoms with Gasteiger partial charge in [-0.05, 0) is 12.8 Å². The first-order valence-corrected chi connectivity index (χ1v) is 3.74. The third-order valence-electron chi connectivity index (χ3n) is 1.95. The molecular weight excluding hydrogens is 144 g/mol. The fraction of sp³-hybridized carbons (Fsp3) is 0.714. The number of likely N-dealkylation sites (tertiary alicyclic amines) is 1. The zero-order valence-corrected chi connectivity index (χ0v) is 6.32. The molecule has 0 spiro atoms. The standard InChI is InChI=1S/C7H12N2O2/c8-4-7(11)9-3-1-2-6(9)5-10/h5-6H,1-4,8H2/t6-/m1/s1. The zero-order chi connectivity index (χ0) is 8.27. The molecule has 0 saturated carbocycles. The fourth-order valence-electron chi connectivity index (χ4n) is 1.36. The van der Waals surface area contributed by atoms with Gasteiger partial charge in [-0.15, -0.1) is 0 Å². The van der Waals surface area contributed by atoms with E-state index in [4.69, 9.17) is 5.73 Å². The molecule has 1 fully saturated rings. The van der Waals surface area contributed by atoms with Gasteiger partial charge in [0.15, 0.2) is 0 Å². The predicted molar refractivity (Wildman–Crippen MR) is 39.9 cm³/mol. The molecule has 1 aliphatic heterocycles. The lowest BCUT2D eigenvalue weighted by atomic mass is 10.2. The van der Waals surface area contributed by atoms with Gasteiger partial charge in [0.2, 0.25) is 5.91 Å². The molecule has 1 heterocycles. The van der Waals surface area contributed by atoms with Crippen LogP contribution in [0.1, 0.15) is 12.8 Å². The van der Waals surface area contributed by atoms with Gasteiger partial charge in [-0.2, -0.15) is 0 Å². The molecule has 11 heavy (non-hydrogen) atoms. The molecule has 0 unspecified atom stereocenters. The van der Waals surface area contributed by atoms with E-state index in [1.54, 1.807) is 4.90 Å². The Labute approximate surface area is 65.3 Å². The Bertz CT molecular complexity index is 170. The first-order chi connectivity index (χ1) is 5.29. The second-order valence-electron chi connectivity index (χ2n) is 2.64. The van der Waals surface area contributed by atoms with Gasteiger partial charge >= 0.3 is 0 Å². The van der Waals surface area contributed by atoms with Gasteiger partial charge in [0.1, 0.15) is 6.29 Å². The summed E-state index contributed by atoms with van der Waals surface area (Å²) in [7, 11) is 0. The first-order valence-electron chi connectivity index (χ1n) is 3.74. The minimum absolute atomic E-state index is 0.00431. The van der Waals surface area contributed by atoms with Gasteiger partial charge < -0.3 is 15.4 Å². The van der Waals surface area contributed by atoms with Crippen LogP contribution in [0, 0.1) is 0 Å². The number of amides is 1. The van der Waals surface area contributed by atoms with Gasteiger partial charge in [0.25, 0.3) is 0 Å². The van der Waals surface area contributed by atoms with E-state index in [0.29, 0.717) is 6.54 Å². The third-order valence-corrected chi connectivity index (χ3v) is 1.95. The summed E-state index contributed by atoms with van der Waals surface area (Å²) in [6, 6.07) is -0.217. The number of carbonyl (C=O) groups is 2. The SMILES string of the molecule is NCC(=O)N1CCC[C@@H]1C=O. The number of nitrogens with two attached hydrogens (primary N) is 1. The summed E-state index contributed by atoms with van der Waals surface area (Å²) in [6.45, 7) is 0.684. The highest BCUT2D eigenvalue weighted by atomic mass is 16.2. The Balaban J connectivity index is 2.56. The smallest absolute Gasteiger partial charge is 0.236 e. The molecule has 4 heteroatoms. The second kappa shape index (κ2) is 3.48. The number of aldehydes is 1. The number of nitrogens with zero attached hydrogens (tertiary/aromatic N) is 1. The molecule has 1 rings (SSSR count). The van der Waals surface area contributed by atoms with Crippen molar-refractivity contribution >= 4 is 12.2 Å². The molecule has 4 nitrogen and oxygen atoms in total. The van der Waals surface area contributed by atoms with E-state index < -0.39 is 0 Å². The lowest BCUT2D eigenvalue weighted by Crippen LogP contribution is -2.40. The quantitative estimate of drug-likeness (QED) is 0.529. The second-order valence-corrected chi connectivity index (χ2v) is 2.64. The van der Waals surface area contributed by atoms with Crippen molar-refractivity contribution in [2.24, 2.45) is 5.73 Å². The van der Waals surface area contributed by atoms with Crippen LogP contribution >= 0.6 is 0 Å². The summed E-state index contributed by atoms with van der Waals surface area (Å²) in [5, 5.41) is 0. The summed E-state index contributed by atoms with van der Waals surface area (Å²) in [6.07, 6.45) is 2.52. The van der Waals surface area contributed by atoms with E-state index in [2.05, 4.69) is 0 Å². The van der Waals surface area contributed by atoms with Crippen molar-refractivity contribution < 1.29 is 9.59 Å². The summed E-state index contributed by atoms with van der Waals surface area (Å²) in [5.41, 5.74) is 5.16. The Morgan fingerprint density at radius 1 is 1.73 bits per heavy atom. The van der Waals surface area contributed by atoms with E-state index in [9.17, 15) is 9.59 Å². The molecule has 1 aliphatic rings. The van der Waals surface area contributed by atoms with Crippen LogP contribution in [0.5, 0.6) is 0 Å². The highest BCUT2D eigenvalue weighted by molar-refractivity contribution is 5.81. The van der Waals surface area contributed by atoms with Crippen LogP contribution in [-0.4, -0.2) is 36.2 Å². The minimum Gasteiger partial charge on any atom is -0.332 e. The third kappa shape index (κ3) is 1.57.